The SMILES string of the molecule is O=C(NCC(F)(F)F)c1ccccc1NC(=O)C(c1ccccc1)c1ccccc1. The Kier molecular flexibility index (Phi) is 6.51. The maximum Gasteiger partial charge on any atom is 0.405 e. The Morgan fingerprint density at radius 2 is 1.27 bits per heavy atom. The van der Waals surface area contributed by atoms with Gasteiger partial charge in [0.05, 0.1) is 17.2 Å². The zero-order valence-electron chi connectivity index (χ0n) is 15.8. The molecule has 0 atom stereocenters. The number of hydrogen-bond acceptors (Lipinski definition) is 2. The number of halogens is 3. The van der Waals surface area contributed by atoms with Gasteiger partial charge in [0.25, 0.3) is 5.91 Å². The van der Waals surface area contributed by atoms with Crippen molar-refractivity contribution in [1.29, 1.82) is 0 Å². The molecule has 0 saturated heterocycles. The number of nitrogens with one attached hydrogen (secondary N) is 2. The zero-order valence-corrected chi connectivity index (χ0v) is 15.8. The molecule has 0 aromatic heterocycles. The molecule has 30 heavy (non-hydrogen) atoms. The second kappa shape index (κ2) is 9.26. The average molecular weight is 412 g/mol. The molecule has 0 spiro atoms. The van der Waals surface area contributed by atoms with Gasteiger partial charge < -0.3 is 10.6 Å². The molecule has 2 N–H and O–H groups in total. The minimum atomic E-state index is -4.53. The third-order valence-electron chi connectivity index (χ3n) is 4.41. The van der Waals surface area contributed by atoms with Gasteiger partial charge in [-0.3, -0.25) is 9.59 Å². The number of rotatable bonds is 6. The number of hydrogen-bond donors (Lipinski definition) is 2. The molecule has 0 aliphatic carbocycles. The summed E-state index contributed by atoms with van der Waals surface area (Å²) in [6.07, 6.45) is -4.53. The highest BCUT2D eigenvalue weighted by molar-refractivity contribution is 6.05. The van der Waals surface area contributed by atoms with Crippen LogP contribution >= 0.6 is 0 Å². The summed E-state index contributed by atoms with van der Waals surface area (Å²) in [5.74, 6) is -1.97. The standard InChI is InChI=1S/C23H19F3N2O2/c24-23(25,26)15-27-21(29)18-13-7-8-14-19(18)28-22(30)20(16-9-3-1-4-10-16)17-11-5-2-6-12-17/h1-14,20H,15H2,(H,27,29)(H,28,30). The lowest BCUT2D eigenvalue weighted by atomic mass is 9.90. The first-order valence-corrected chi connectivity index (χ1v) is 9.20. The maximum absolute atomic E-state index is 13.2. The number of anilines is 1. The molecule has 154 valence electrons. The van der Waals surface area contributed by atoms with Crippen molar-refractivity contribution in [2.75, 3.05) is 11.9 Å². The molecule has 0 saturated carbocycles. The molecule has 0 aliphatic rings. The van der Waals surface area contributed by atoms with E-state index in [-0.39, 0.29) is 11.3 Å². The van der Waals surface area contributed by atoms with Gasteiger partial charge in [-0.15, -0.1) is 0 Å². The molecule has 3 aromatic carbocycles. The highest BCUT2D eigenvalue weighted by Gasteiger charge is 2.29. The van der Waals surface area contributed by atoms with Crippen LogP contribution in [0, 0.1) is 0 Å². The van der Waals surface area contributed by atoms with Crippen LogP contribution in [0.4, 0.5) is 18.9 Å². The summed E-state index contributed by atoms with van der Waals surface area (Å²) in [5, 5.41) is 4.53. The van der Waals surface area contributed by atoms with Gasteiger partial charge in [0.2, 0.25) is 5.91 Å². The van der Waals surface area contributed by atoms with Gasteiger partial charge in [0.1, 0.15) is 6.54 Å². The number of para-hydroxylation sites is 1. The van der Waals surface area contributed by atoms with Gasteiger partial charge in [-0.25, -0.2) is 0 Å². The molecule has 2 amide bonds. The van der Waals surface area contributed by atoms with Crippen molar-refractivity contribution in [3.63, 3.8) is 0 Å². The van der Waals surface area contributed by atoms with E-state index in [1.807, 2.05) is 66.0 Å². The first-order chi connectivity index (χ1) is 14.3. The van der Waals surface area contributed by atoms with E-state index in [0.29, 0.717) is 0 Å². The predicted molar refractivity (Wildman–Crippen MR) is 108 cm³/mol. The molecule has 0 unspecified atom stereocenters. The second-order valence-electron chi connectivity index (χ2n) is 6.59. The van der Waals surface area contributed by atoms with Gasteiger partial charge >= 0.3 is 6.18 Å². The van der Waals surface area contributed by atoms with Crippen LogP contribution in [0.5, 0.6) is 0 Å². The van der Waals surface area contributed by atoms with Crippen LogP contribution in [0.3, 0.4) is 0 Å². The average Bonchev–Trinajstić information content (AvgIpc) is 2.74. The molecule has 0 bridgehead atoms. The lowest BCUT2D eigenvalue weighted by Gasteiger charge is -2.19. The van der Waals surface area contributed by atoms with Gasteiger partial charge in [-0.1, -0.05) is 72.8 Å². The van der Waals surface area contributed by atoms with E-state index in [9.17, 15) is 22.8 Å². The van der Waals surface area contributed by atoms with Crippen LogP contribution in [0.2, 0.25) is 0 Å². The molecule has 3 aromatic rings. The summed E-state index contributed by atoms with van der Waals surface area (Å²) in [7, 11) is 0. The summed E-state index contributed by atoms with van der Waals surface area (Å²) in [6.45, 7) is -1.45. The highest BCUT2D eigenvalue weighted by atomic mass is 19.4. The molecular formula is C23H19F3N2O2. The van der Waals surface area contributed by atoms with Crippen molar-refractivity contribution in [1.82, 2.24) is 5.32 Å². The van der Waals surface area contributed by atoms with Crippen molar-refractivity contribution in [2.24, 2.45) is 0 Å². The smallest absolute Gasteiger partial charge is 0.343 e. The summed E-state index contributed by atoms with van der Waals surface area (Å²) in [4.78, 5) is 25.4. The van der Waals surface area contributed by atoms with E-state index in [2.05, 4.69) is 5.32 Å². The molecule has 3 rings (SSSR count). The van der Waals surface area contributed by atoms with Gasteiger partial charge in [0.15, 0.2) is 0 Å². The van der Waals surface area contributed by atoms with Gasteiger partial charge in [-0.2, -0.15) is 13.2 Å². The first-order valence-electron chi connectivity index (χ1n) is 9.20. The lowest BCUT2D eigenvalue weighted by Crippen LogP contribution is -2.34. The fourth-order valence-corrected chi connectivity index (χ4v) is 3.06. The molecule has 0 heterocycles. The molecular weight excluding hydrogens is 393 g/mol. The number of alkyl halides is 3. The number of carbonyl (C=O) groups excluding carboxylic acids is 2. The van der Waals surface area contributed by atoms with Crippen LogP contribution in [0.1, 0.15) is 27.4 Å². The van der Waals surface area contributed by atoms with Crippen LogP contribution in [-0.4, -0.2) is 24.5 Å². The highest BCUT2D eigenvalue weighted by Crippen LogP contribution is 2.27. The second-order valence-corrected chi connectivity index (χ2v) is 6.59. The fourth-order valence-electron chi connectivity index (χ4n) is 3.06. The van der Waals surface area contributed by atoms with E-state index in [1.54, 1.807) is 6.07 Å². The molecule has 4 nitrogen and oxygen atoms in total. The minimum absolute atomic E-state index is 0.0463. The Morgan fingerprint density at radius 1 is 0.767 bits per heavy atom. The third kappa shape index (κ3) is 5.47. The molecule has 0 fully saturated rings. The van der Waals surface area contributed by atoms with Crippen molar-refractivity contribution in [3.05, 3.63) is 102 Å². The molecule has 7 heteroatoms. The van der Waals surface area contributed by atoms with Crippen LogP contribution in [0.15, 0.2) is 84.9 Å². The molecule has 0 aliphatic heterocycles. The van der Waals surface area contributed by atoms with Gasteiger partial charge in [-0.05, 0) is 23.3 Å². The summed E-state index contributed by atoms with van der Waals surface area (Å²) >= 11 is 0. The summed E-state index contributed by atoms with van der Waals surface area (Å²) in [6, 6.07) is 24.2. The van der Waals surface area contributed by atoms with Crippen molar-refractivity contribution in [3.8, 4) is 0 Å². The summed E-state index contributed by atoms with van der Waals surface area (Å²) in [5.41, 5.74) is 1.59. The van der Waals surface area contributed by atoms with E-state index >= 15 is 0 Å². The number of carbonyl (C=O) groups is 2. The Morgan fingerprint density at radius 3 is 1.80 bits per heavy atom. The number of amides is 2. The first kappa shape index (κ1) is 21.1. The Balaban J connectivity index is 1.87. The quantitative estimate of drug-likeness (QED) is 0.614. The van der Waals surface area contributed by atoms with Crippen molar-refractivity contribution in [2.45, 2.75) is 12.1 Å². The maximum atomic E-state index is 13.2. The lowest BCUT2D eigenvalue weighted by molar-refractivity contribution is -0.123. The Labute approximate surface area is 171 Å². The van der Waals surface area contributed by atoms with Crippen LogP contribution < -0.4 is 10.6 Å². The third-order valence-corrected chi connectivity index (χ3v) is 4.41. The monoisotopic (exact) mass is 412 g/mol. The van der Waals surface area contributed by atoms with E-state index in [0.717, 1.165) is 11.1 Å². The van der Waals surface area contributed by atoms with Crippen LogP contribution in [0.25, 0.3) is 0 Å². The fraction of sp³-hybridized carbons (Fsp3) is 0.130. The number of benzene rings is 3. The normalized spacial score (nSPS) is 11.2. The minimum Gasteiger partial charge on any atom is -0.343 e. The van der Waals surface area contributed by atoms with E-state index in [4.69, 9.17) is 0 Å². The largest absolute Gasteiger partial charge is 0.405 e. The molecule has 0 radical (unpaired) electrons. The predicted octanol–water partition coefficient (Wildman–Crippen LogP) is 4.75. The van der Waals surface area contributed by atoms with E-state index in [1.165, 1.54) is 18.2 Å². The zero-order chi connectivity index (χ0) is 21.6. The van der Waals surface area contributed by atoms with E-state index < -0.39 is 30.5 Å². The summed E-state index contributed by atoms with van der Waals surface area (Å²) < 4.78 is 37.3. The van der Waals surface area contributed by atoms with Gasteiger partial charge in [0, 0.05) is 0 Å². The van der Waals surface area contributed by atoms with Crippen molar-refractivity contribution < 1.29 is 22.8 Å². The Hall–Kier alpha value is -3.61. The Bertz CT molecular complexity index is 966. The van der Waals surface area contributed by atoms with Crippen LogP contribution in [-0.2, 0) is 4.79 Å². The van der Waals surface area contributed by atoms with Crippen molar-refractivity contribution >= 4 is 17.5 Å². The topological polar surface area (TPSA) is 58.2 Å².